The van der Waals surface area contributed by atoms with Gasteiger partial charge in [-0.25, -0.2) is 9.79 Å². The van der Waals surface area contributed by atoms with E-state index in [4.69, 9.17) is 26.3 Å². The first-order chi connectivity index (χ1) is 18.5. The molecule has 0 fully saturated rings. The minimum absolute atomic E-state index is 0.0730. The van der Waals surface area contributed by atoms with E-state index in [2.05, 4.69) is 36.9 Å². The number of aromatic nitrogens is 1. The number of halogens is 6. The molecule has 1 atom stereocenters. The lowest BCUT2D eigenvalue weighted by molar-refractivity contribution is -0.140. The van der Waals surface area contributed by atoms with Crippen molar-refractivity contribution in [2.75, 3.05) is 13.2 Å². The van der Waals surface area contributed by atoms with E-state index in [1.165, 1.54) is 37.3 Å². The second-order valence-electron chi connectivity index (χ2n) is 7.88. The largest absolute Gasteiger partial charge is 0.476 e. The van der Waals surface area contributed by atoms with Crippen molar-refractivity contribution < 1.29 is 27.4 Å². The summed E-state index contributed by atoms with van der Waals surface area (Å²) in [5.41, 5.74) is -2.16. The van der Waals surface area contributed by atoms with Crippen LogP contribution < -0.4 is 19.6 Å². The Morgan fingerprint density at radius 2 is 1.90 bits per heavy atom. The number of carbonyl (C=O) groups is 1. The summed E-state index contributed by atoms with van der Waals surface area (Å²) < 4.78 is 55.0. The maximum absolute atomic E-state index is 14.2. The summed E-state index contributed by atoms with van der Waals surface area (Å²) in [6.07, 6.45) is -3.52. The zero-order valence-corrected chi connectivity index (χ0v) is 24.4. The Morgan fingerprint density at radius 1 is 1.26 bits per heavy atom. The van der Waals surface area contributed by atoms with Crippen molar-refractivity contribution in [1.29, 1.82) is 5.26 Å². The van der Waals surface area contributed by atoms with Crippen LogP contribution in [-0.2, 0) is 9.53 Å². The van der Waals surface area contributed by atoms with Gasteiger partial charge >= 0.3 is 12.1 Å². The number of thiazole rings is 1. The Labute approximate surface area is 244 Å². The van der Waals surface area contributed by atoms with E-state index in [9.17, 15) is 22.8 Å². The fraction of sp³-hybridized carbons (Fsp3) is 0.200. The first-order valence-electron chi connectivity index (χ1n) is 11.0. The molecule has 39 heavy (non-hydrogen) atoms. The average molecular weight is 706 g/mol. The molecular formula is C25H15Br2ClF3N3O4S. The molecule has 0 unspecified atom stereocenters. The minimum atomic E-state index is -5.00. The molecule has 1 aromatic heterocycles. The van der Waals surface area contributed by atoms with Gasteiger partial charge in [-0.1, -0.05) is 35.1 Å². The molecule has 202 valence electrons. The standard InChI is InChI=1S/C25H15Br2ClF3N3O4S/c1-2-37-23(36)18-19(13-3-5-14(28)6-4-13)34-22(35)17(39-24(34)33-21(18)25(29,30)31)11-12-9-15(26)20(16(27)10-12)38-8-7-32/h3-6,9-11,19H,2,8H2,1H3/b17-11-/t19-/m0/s1. The summed E-state index contributed by atoms with van der Waals surface area (Å²) >= 11 is 13.4. The summed E-state index contributed by atoms with van der Waals surface area (Å²) in [5, 5.41) is 9.09. The van der Waals surface area contributed by atoms with Crippen LogP contribution in [-0.4, -0.2) is 29.9 Å². The second kappa shape index (κ2) is 11.7. The van der Waals surface area contributed by atoms with Gasteiger partial charge in [0.25, 0.3) is 5.56 Å². The van der Waals surface area contributed by atoms with Gasteiger partial charge in [0, 0.05) is 5.02 Å². The van der Waals surface area contributed by atoms with Crippen molar-refractivity contribution in [1.82, 2.24) is 4.57 Å². The molecule has 4 rings (SSSR count). The van der Waals surface area contributed by atoms with Gasteiger partial charge in [0.05, 0.1) is 31.7 Å². The van der Waals surface area contributed by atoms with E-state index in [-0.39, 0.29) is 28.1 Å². The van der Waals surface area contributed by atoms with Crippen LogP contribution in [0, 0.1) is 11.3 Å². The lowest BCUT2D eigenvalue weighted by Gasteiger charge is -2.26. The molecule has 14 heteroatoms. The Balaban J connectivity index is 1.98. The Morgan fingerprint density at radius 3 is 2.46 bits per heavy atom. The number of esters is 1. The molecule has 2 heterocycles. The molecule has 0 aliphatic carbocycles. The number of rotatable bonds is 6. The van der Waals surface area contributed by atoms with Crippen LogP contribution in [0.15, 0.2) is 66.4 Å². The number of hydrogen-bond acceptors (Lipinski definition) is 7. The average Bonchev–Trinajstić information content (AvgIpc) is 3.17. The molecule has 0 saturated carbocycles. The molecule has 0 N–H and O–H groups in total. The molecule has 0 radical (unpaired) electrons. The number of fused-ring (bicyclic) bond motifs is 1. The zero-order valence-electron chi connectivity index (χ0n) is 19.7. The second-order valence-corrected chi connectivity index (χ2v) is 11.0. The van der Waals surface area contributed by atoms with Crippen molar-refractivity contribution in [3.8, 4) is 11.8 Å². The van der Waals surface area contributed by atoms with Crippen LogP contribution in [0.25, 0.3) is 6.08 Å². The molecule has 0 saturated heterocycles. The SMILES string of the molecule is CCOC(=O)C1=C(C(F)(F)F)N=c2s/c(=C\c3cc(Br)c(OCC#N)c(Br)c3)c(=O)n2[C@H]1c1ccc(Cl)cc1. The number of nitriles is 1. The third-order valence-corrected chi connectivity index (χ3v) is 7.79. The molecule has 1 aliphatic rings. The minimum Gasteiger partial charge on any atom is -0.476 e. The van der Waals surface area contributed by atoms with Crippen LogP contribution in [0.4, 0.5) is 13.2 Å². The quantitative estimate of drug-likeness (QED) is 0.320. The van der Waals surface area contributed by atoms with Crippen molar-refractivity contribution >= 4 is 66.8 Å². The first-order valence-corrected chi connectivity index (χ1v) is 13.8. The summed E-state index contributed by atoms with van der Waals surface area (Å²) in [5.74, 6) is -0.865. The molecule has 0 bridgehead atoms. The lowest BCUT2D eigenvalue weighted by Crippen LogP contribution is -2.41. The Kier molecular flexibility index (Phi) is 8.70. The van der Waals surface area contributed by atoms with E-state index in [0.29, 0.717) is 25.3 Å². The molecule has 0 amide bonds. The maximum atomic E-state index is 14.2. The van der Waals surface area contributed by atoms with Crippen molar-refractivity contribution in [3.63, 3.8) is 0 Å². The predicted octanol–water partition coefficient (Wildman–Crippen LogP) is 5.42. The smallest absolute Gasteiger partial charge is 0.434 e. The monoisotopic (exact) mass is 703 g/mol. The van der Waals surface area contributed by atoms with Gasteiger partial charge in [0.1, 0.15) is 11.8 Å². The fourth-order valence-electron chi connectivity index (χ4n) is 3.86. The zero-order chi connectivity index (χ0) is 28.5. The normalized spacial score (nSPS) is 15.4. The molecule has 2 aromatic carbocycles. The molecule has 0 spiro atoms. The topological polar surface area (TPSA) is 93.7 Å². The predicted molar refractivity (Wildman–Crippen MR) is 145 cm³/mol. The summed E-state index contributed by atoms with van der Waals surface area (Å²) in [6, 6.07) is 9.44. The highest BCUT2D eigenvalue weighted by Crippen LogP contribution is 2.39. The van der Waals surface area contributed by atoms with Crippen LogP contribution in [0.3, 0.4) is 0 Å². The van der Waals surface area contributed by atoms with Crippen LogP contribution >= 0.6 is 54.8 Å². The van der Waals surface area contributed by atoms with Gasteiger partial charge < -0.3 is 9.47 Å². The first kappa shape index (κ1) is 29.1. The van der Waals surface area contributed by atoms with Crippen molar-refractivity contribution in [2.24, 2.45) is 4.99 Å². The van der Waals surface area contributed by atoms with Gasteiger partial charge in [-0.3, -0.25) is 9.36 Å². The van der Waals surface area contributed by atoms with E-state index >= 15 is 0 Å². The van der Waals surface area contributed by atoms with E-state index in [1.807, 2.05) is 6.07 Å². The molecule has 3 aromatic rings. The molecular weight excluding hydrogens is 691 g/mol. The molecule has 1 aliphatic heterocycles. The number of allylic oxidation sites excluding steroid dienone is 1. The summed E-state index contributed by atoms with van der Waals surface area (Å²) in [4.78, 5) is 30.0. The highest BCUT2D eigenvalue weighted by molar-refractivity contribution is 9.11. The third kappa shape index (κ3) is 5.99. The van der Waals surface area contributed by atoms with Crippen molar-refractivity contribution in [3.05, 3.63) is 92.5 Å². The van der Waals surface area contributed by atoms with E-state index < -0.39 is 35.0 Å². The Bertz CT molecular complexity index is 1690. The highest BCUT2D eigenvalue weighted by Gasteiger charge is 2.45. The number of benzene rings is 2. The number of alkyl halides is 3. The highest BCUT2D eigenvalue weighted by atomic mass is 79.9. The van der Waals surface area contributed by atoms with E-state index in [0.717, 1.165) is 15.9 Å². The van der Waals surface area contributed by atoms with Crippen LogP contribution in [0.2, 0.25) is 5.02 Å². The molecule has 7 nitrogen and oxygen atoms in total. The maximum Gasteiger partial charge on any atom is 0.434 e. The Hall–Kier alpha value is -2.92. The number of nitrogens with zero attached hydrogens (tertiary/aromatic N) is 3. The van der Waals surface area contributed by atoms with Gasteiger partial charge in [-0.2, -0.15) is 18.4 Å². The van der Waals surface area contributed by atoms with Crippen LogP contribution in [0.5, 0.6) is 5.75 Å². The number of carbonyl (C=O) groups excluding carboxylic acids is 1. The number of hydrogen-bond donors (Lipinski definition) is 0. The van der Waals surface area contributed by atoms with Gasteiger partial charge in [0.2, 0.25) is 0 Å². The van der Waals surface area contributed by atoms with Crippen LogP contribution in [0.1, 0.15) is 24.1 Å². The third-order valence-electron chi connectivity index (χ3n) is 5.38. The van der Waals surface area contributed by atoms with E-state index in [1.54, 1.807) is 12.1 Å². The summed E-state index contributed by atoms with van der Waals surface area (Å²) in [7, 11) is 0. The van der Waals surface area contributed by atoms with Gasteiger partial charge in [-0.15, -0.1) is 0 Å². The fourth-order valence-corrected chi connectivity index (χ4v) is 6.44. The number of ether oxygens (including phenoxy) is 2. The summed E-state index contributed by atoms with van der Waals surface area (Å²) in [6.45, 7) is 1.10. The van der Waals surface area contributed by atoms with Gasteiger partial charge in [0.15, 0.2) is 17.1 Å². The van der Waals surface area contributed by atoms with Gasteiger partial charge in [-0.05, 0) is 80.3 Å². The van der Waals surface area contributed by atoms with Crippen molar-refractivity contribution in [2.45, 2.75) is 19.1 Å². The lowest BCUT2D eigenvalue weighted by atomic mass is 9.95.